The van der Waals surface area contributed by atoms with E-state index in [1.165, 1.54) is 65.3 Å². The third kappa shape index (κ3) is 13.9. The van der Waals surface area contributed by atoms with E-state index in [-0.39, 0.29) is 0 Å². The highest BCUT2D eigenvalue weighted by molar-refractivity contribution is 6.90. The predicted molar refractivity (Wildman–Crippen MR) is 305 cm³/mol. The van der Waals surface area contributed by atoms with Gasteiger partial charge >= 0.3 is 0 Å². The van der Waals surface area contributed by atoms with Gasteiger partial charge < -0.3 is 17.7 Å². The van der Waals surface area contributed by atoms with E-state index in [0.717, 1.165) is 48.7 Å². The van der Waals surface area contributed by atoms with Crippen molar-refractivity contribution in [1.82, 2.24) is 0 Å². The fourth-order valence-corrected chi connectivity index (χ4v) is 16.7. The van der Waals surface area contributed by atoms with Crippen molar-refractivity contribution in [1.29, 1.82) is 0 Å². The van der Waals surface area contributed by atoms with Crippen LogP contribution in [0.2, 0.25) is 157 Å². The summed E-state index contributed by atoms with van der Waals surface area (Å²) in [6, 6.07) is 20.3. The van der Waals surface area contributed by atoms with Crippen molar-refractivity contribution < 1.29 is 17.7 Å². The van der Waals surface area contributed by atoms with E-state index in [1.54, 1.807) is 0 Å². The summed E-state index contributed by atoms with van der Waals surface area (Å²) >= 11 is 0. The molecule has 0 saturated heterocycles. The van der Waals surface area contributed by atoms with E-state index in [1.807, 2.05) is 0 Å². The molecule has 8 bridgehead atoms. The standard InChI is InChI=1S/C52H88O4Si8/c1-57(2,3)45-29-37-25-39-31-46(58(4,5)6)33-41(50(39)54-62(16,17)18)27-43-35-48(60(10,11)12)36-44(52(43)56-64(22,23)24)28-42-34-47(59(7,8)9)32-40(51(42)55-63(19,20)21)26-38(30-45)49(37)53-61(13,14)15/h29-36H,25-28H2,1-24H3. The first-order valence-electron chi connectivity index (χ1n) is 24.1. The summed E-state index contributed by atoms with van der Waals surface area (Å²) in [5.74, 6) is 4.34. The van der Waals surface area contributed by atoms with Crippen LogP contribution in [0.25, 0.3) is 0 Å². The van der Waals surface area contributed by atoms with Crippen LogP contribution in [0.1, 0.15) is 44.5 Å². The van der Waals surface area contributed by atoms with Gasteiger partial charge in [0, 0.05) is 25.7 Å². The largest absolute Gasteiger partial charge is 0.544 e. The Balaban J connectivity index is 2.11. The summed E-state index contributed by atoms with van der Waals surface area (Å²) in [4.78, 5) is 0. The molecular weight excluding hydrogens is 913 g/mol. The third-order valence-electron chi connectivity index (χ3n) is 11.6. The molecule has 0 aliphatic heterocycles. The Morgan fingerprint density at radius 3 is 0.453 bits per heavy atom. The molecule has 352 valence electrons. The van der Waals surface area contributed by atoms with E-state index in [2.05, 4.69) is 206 Å². The van der Waals surface area contributed by atoms with Crippen LogP contribution in [0.5, 0.6) is 23.0 Å². The highest BCUT2D eigenvalue weighted by atomic mass is 28.4. The third-order valence-corrected chi connectivity index (χ3v) is 22.9. The number of fused-ring (bicyclic) bond motifs is 8. The van der Waals surface area contributed by atoms with E-state index in [4.69, 9.17) is 17.7 Å². The second-order valence-corrected chi connectivity index (χ2v) is 65.1. The Morgan fingerprint density at radius 2 is 0.359 bits per heavy atom. The van der Waals surface area contributed by atoms with Crippen molar-refractivity contribution >= 4 is 86.3 Å². The molecule has 0 amide bonds. The number of hydrogen-bond acceptors (Lipinski definition) is 4. The van der Waals surface area contributed by atoms with Gasteiger partial charge in [-0.25, -0.2) is 0 Å². The van der Waals surface area contributed by atoms with Gasteiger partial charge in [-0.1, -0.05) is 148 Å². The van der Waals surface area contributed by atoms with Crippen molar-refractivity contribution in [3.63, 3.8) is 0 Å². The van der Waals surface area contributed by atoms with Crippen LogP contribution in [-0.2, 0) is 25.7 Å². The van der Waals surface area contributed by atoms with Gasteiger partial charge in [-0.15, -0.1) is 0 Å². The predicted octanol–water partition coefficient (Wildman–Crippen LogP) is 13.4. The molecule has 1 aliphatic carbocycles. The Labute approximate surface area is 400 Å². The van der Waals surface area contributed by atoms with Crippen LogP contribution in [0.4, 0.5) is 0 Å². The van der Waals surface area contributed by atoms with Crippen LogP contribution in [-0.4, -0.2) is 65.6 Å². The lowest BCUT2D eigenvalue weighted by atomic mass is 9.91. The molecule has 4 aromatic rings. The summed E-state index contributed by atoms with van der Waals surface area (Å²) in [7, 11) is -15.6. The van der Waals surface area contributed by atoms with Crippen LogP contribution in [0, 0.1) is 0 Å². The molecule has 0 saturated carbocycles. The molecule has 0 radical (unpaired) electrons. The first-order valence-corrected chi connectivity index (χ1v) is 51.7. The SMILES string of the molecule is C[Si](C)(C)Oc1c2cc([Si](C)(C)C)cc1Cc1cc([Si](C)(C)C)cc(c1O[Si](C)(C)C)Cc1cc([Si](C)(C)C)cc(c1O[Si](C)(C)C)Cc1cc([Si](C)(C)C)cc(c1O[Si](C)(C)C)C2. The minimum atomic E-state index is -2.09. The summed E-state index contributed by atoms with van der Waals surface area (Å²) in [6.07, 6.45) is 3.03. The molecule has 4 aromatic carbocycles. The summed E-state index contributed by atoms with van der Waals surface area (Å²) in [5, 5.41) is 5.91. The minimum absolute atomic E-state index is 0.757. The zero-order valence-corrected chi connectivity index (χ0v) is 53.1. The topological polar surface area (TPSA) is 36.9 Å². The molecular formula is C52H88O4Si8. The Bertz CT molecular complexity index is 1940. The maximum Gasteiger partial charge on any atom is 0.242 e. The lowest BCUT2D eigenvalue weighted by Crippen LogP contribution is -2.40. The Hall–Kier alpha value is -2.18. The highest BCUT2D eigenvalue weighted by Crippen LogP contribution is 2.41. The van der Waals surface area contributed by atoms with E-state index < -0.39 is 65.6 Å². The van der Waals surface area contributed by atoms with Gasteiger partial charge in [0.15, 0.2) is 0 Å². The van der Waals surface area contributed by atoms with E-state index in [9.17, 15) is 0 Å². The maximum atomic E-state index is 7.44. The van der Waals surface area contributed by atoms with E-state index in [0.29, 0.717) is 0 Å². The van der Waals surface area contributed by atoms with Gasteiger partial charge in [-0.3, -0.25) is 0 Å². The van der Waals surface area contributed by atoms with Crippen LogP contribution < -0.4 is 38.5 Å². The quantitative estimate of drug-likeness (QED) is 0.117. The molecule has 0 N–H and O–H groups in total. The molecule has 1 aliphatic rings. The van der Waals surface area contributed by atoms with Crippen molar-refractivity contribution in [2.45, 2.75) is 183 Å². The number of hydrogen-bond donors (Lipinski definition) is 0. The van der Waals surface area contributed by atoms with Crippen molar-refractivity contribution in [3.05, 3.63) is 93.0 Å². The first-order chi connectivity index (χ1) is 28.7. The van der Waals surface area contributed by atoms with Gasteiger partial charge in [0.05, 0.1) is 32.3 Å². The second-order valence-electron chi connectivity index (χ2n) is 27.1. The van der Waals surface area contributed by atoms with Gasteiger partial charge in [-0.2, -0.15) is 0 Å². The average Bonchev–Trinajstić information content (AvgIpc) is 3.05. The molecule has 4 nitrogen and oxygen atoms in total. The number of benzene rings is 4. The normalized spacial score (nSPS) is 14.6. The fourth-order valence-electron chi connectivity index (χ4n) is 8.37. The molecule has 0 aromatic heterocycles. The molecule has 0 spiro atoms. The van der Waals surface area contributed by atoms with Crippen molar-refractivity contribution in [3.8, 4) is 23.0 Å². The van der Waals surface area contributed by atoms with Crippen LogP contribution >= 0.6 is 0 Å². The zero-order chi connectivity index (χ0) is 48.6. The van der Waals surface area contributed by atoms with Gasteiger partial charge in [0.25, 0.3) is 0 Å². The summed E-state index contributed by atoms with van der Waals surface area (Å²) < 4.78 is 29.7. The molecule has 64 heavy (non-hydrogen) atoms. The van der Waals surface area contributed by atoms with Crippen molar-refractivity contribution in [2.24, 2.45) is 0 Å². The molecule has 0 fully saturated rings. The highest BCUT2D eigenvalue weighted by Gasteiger charge is 2.34. The van der Waals surface area contributed by atoms with Crippen LogP contribution in [0.3, 0.4) is 0 Å². The monoisotopic (exact) mass is 1000 g/mol. The van der Waals surface area contributed by atoms with Gasteiger partial charge in [-0.05, 0) is 123 Å². The summed E-state index contributed by atoms with van der Waals surface area (Å²) in [5.41, 5.74) is 10.4. The lowest BCUT2D eigenvalue weighted by molar-refractivity contribution is 0.529. The molecule has 0 unspecified atom stereocenters. The minimum Gasteiger partial charge on any atom is -0.544 e. The molecule has 0 heterocycles. The molecule has 12 heteroatoms. The lowest BCUT2D eigenvalue weighted by Gasteiger charge is -2.32. The van der Waals surface area contributed by atoms with E-state index >= 15 is 0 Å². The maximum absolute atomic E-state index is 7.44. The zero-order valence-electron chi connectivity index (χ0n) is 45.1. The average molecular weight is 1000 g/mol. The van der Waals surface area contributed by atoms with Crippen LogP contribution in [0.15, 0.2) is 48.5 Å². The fraction of sp³-hybridized carbons (Fsp3) is 0.538. The van der Waals surface area contributed by atoms with Crippen molar-refractivity contribution in [2.75, 3.05) is 0 Å². The summed E-state index contributed by atoms with van der Waals surface area (Å²) in [6.45, 7) is 58.1. The van der Waals surface area contributed by atoms with Gasteiger partial charge in [0.1, 0.15) is 23.0 Å². The Morgan fingerprint density at radius 1 is 0.234 bits per heavy atom. The Kier molecular flexibility index (Phi) is 14.9. The molecule has 0 atom stereocenters. The molecule has 5 rings (SSSR count). The van der Waals surface area contributed by atoms with Gasteiger partial charge in [0.2, 0.25) is 33.3 Å². The first kappa shape index (κ1) is 52.8. The smallest absolute Gasteiger partial charge is 0.242 e. The number of rotatable bonds is 12. The second kappa shape index (κ2) is 18.0.